The van der Waals surface area contributed by atoms with E-state index in [1.807, 2.05) is 13.0 Å². The molecule has 0 spiro atoms. The average molecular weight is 221 g/mol. The van der Waals surface area contributed by atoms with Crippen molar-refractivity contribution >= 4 is 24.2 Å². The molecule has 2 N–H and O–H groups in total. The second kappa shape index (κ2) is 5.16. The first-order valence-corrected chi connectivity index (χ1v) is 4.90. The first-order valence-electron chi connectivity index (χ1n) is 4.90. The van der Waals surface area contributed by atoms with Crippen LogP contribution >= 0.6 is 0 Å². The van der Waals surface area contributed by atoms with Crippen LogP contribution in [0.4, 0.5) is 16.2 Å². The fraction of sp³-hybridized carbons (Fsp3) is 0.273. The molecule has 1 amide bonds. The van der Waals surface area contributed by atoms with Crippen molar-refractivity contribution in [1.29, 1.82) is 0 Å². The van der Waals surface area contributed by atoms with Gasteiger partial charge in [0.1, 0.15) is 0 Å². The minimum atomic E-state index is -0.585. The molecule has 1 rings (SSSR count). The van der Waals surface area contributed by atoms with Gasteiger partial charge < -0.3 is 10.5 Å². The average Bonchev–Trinajstić information content (AvgIpc) is 2.24. The topological polar surface area (TPSA) is 67.9 Å². The molecule has 0 bridgehead atoms. The molecule has 0 fully saturated rings. The first kappa shape index (κ1) is 12.0. The van der Waals surface area contributed by atoms with Gasteiger partial charge in [-0.3, -0.25) is 0 Å². The lowest BCUT2D eigenvalue weighted by Gasteiger charge is -2.19. The molecule has 0 saturated carbocycles. The number of nitrogen functional groups attached to an aromatic ring is 1. The highest BCUT2D eigenvalue weighted by molar-refractivity contribution is 5.92. The SMILES string of the molecule is C=NN(C(=O)OCC)c1c(C)cccc1N. The standard InChI is InChI=1S/C11H15N3O2/c1-4-16-11(15)14(13-3)10-8(2)6-5-7-9(10)12/h5-7H,3-4,12H2,1-2H3. The van der Waals surface area contributed by atoms with Crippen molar-refractivity contribution in [2.24, 2.45) is 5.10 Å². The largest absolute Gasteiger partial charge is 0.448 e. The number of nitrogens with zero attached hydrogens (tertiary/aromatic N) is 2. The van der Waals surface area contributed by atoms with E-state index < -0.39 is 6.09 Å². The fourth-order valence-corrected chi connectivity index (χ4v) is 1.38. The number of hydrogen-bond donors (Lipinski definition) is 1. The van der Waals surface area contributed by atoms with E-state index in [9.17, 15) is 4.79 Å². The van der Waals surface area contributed by atoms with Crippen LogP contribution < -0.4 is 10.7 Å². The summed E-state index contributed by atoms with van der Waals surface area (Å²) in [4.78, 5) is 11.6. The van der Waals surface area contributed by atoms with Crippen molar-refractivity contribution in [3.63, 3.8) is 0 Å². The Kier molecular flexibility index (Phi) is 3.88. The Balaban J connectivity index is 3.13. The van der Waals surface area contributed by atoms with Gasteiger partial charge in [-0.2, -0.15) is 10.1 Å². The number of nitrogens with two attached hydrogens (primary N) is 1. The van der Waals surface area contributed by atoms with Crippen molar-refractivity contribution in [1.82, 2.24) is 0 Å². The monoisotopic (exact) mass is 221 g/mol. The number of rotatable bonds is 3. The molecular formula is C11H15N3O2. The van der Waals surface area contributed by atoms with Gasteiger partial charge in [-0.05, 0) is 25.5 Å². The number of anilines is 2. The maximum absolute atomic E-state index is 11.6. The van der Waals surface area contributed by atoms with E-state index in [1.54, 1.807) is 19.1 Å². The van der Waals surface area contributed by atoms with E-state index in [4.69, 9.17) is 10.5 Å². The maximum Gasteiger partial charge on any atom is 0.435 e. The van der Waals surface area contributed by atoms with Gasteiger partial charge in [0.05, 0.1) is 18.0 Å². The van der Waals surface area contributed by atoms with E-state index in [2.05, 4.69) is 11.8 Å². The molecule has 0 saturated heterocycles. The van der Waals surface area contributed by atoms with Gasteiger partial charge in [-0.1, -0.05) is 12.1 Å². The maximum atomic E-state index is 11.6. The summed E-state index contributed by atoms with van der Waals surface area (Å²) >= 11 is 0. The molecule has 0 unspecified atom stereocenters. The number of carbonyl (C=O) groups excluding carboxylic acids is 1. The van der Waals surface area contributed by atoms with Crippen LogP contribution in [0.1, 0.15) is 12.5 Å². The van der Waals surface area contributed by atoms with Crippen LogP contribution in [-0.4, -0.2) is 19.4 Å². The van der Waals surface area contributed by atoms with Crippen LogP contribution in [-0.2, 0) is 4.74 Å². The molecule has 0 aliphatic heterocycles. The third-order valence-corrected chi connectivity index (χ3v) is 2.06. The van der Waals surface area contributed by atoms with Gasteiger partial charge in [-0.25, -0.2) is 4.79 Å². The Morgan fingerprint density at radius 3 is 2.81 bits per heavy atom. The van der Waals surface area contributed by atoms with Gasteiger partial charge in [0.25, 0.3) is 0 Å². The lowest BCUT2D eigenvalue weighted by Crippen LogP contribution is -2.27. The molecule has 0 heterocycles. The van der Waals surface area contributed by atoms with Crippen molar-refractivity contribution in [3.05, 3.63) is 23.8 Å². The summed E-state index contributed by atoms with van der Waals surface area (Å²) in [5.41, 5.74) is 7.60. The van der Waals surface area contributed by atoms with E-state index in [0.717, 1.165) is 10.6 Å². The highest BCUT2D eigenvalue weighted by Gasteiger charge is 2.19. The number of benzene rings is 1. The van der Waals surface area contributed by atoms with E-state index in [0.29, 0.717) is 11.4 Å². The third kappa shape index (κ3) is 2.31. The molecular weight excluding hydrogens is 206 g/mol. The number of para-hydroxylation sites is 1. The number of carbonyl (C=O) groups is 1. The van der Waals surface area contributed by atoms with Crippen LogP contribution in [0.25, 0.3) is 0 Å². The van der Waals surface area contributed by atoms with E-state index in [-0.39, 0.29) is 6.61 Å². The lowest BCUT2D eigenvalue weighted by molar-refractivity contribution is 0.160. The van der Waals surface area contributed by atoms with Gasteiger partial charge >= 0.3 is 6.09 Å². The van der Waals surface area contributed by atoms with Gasteiger partial charge in [0.15, 0.2) is 0 Å². The minimum absolute atomic E-state index is 0.274. The molecule has 0 radical (unpaired) electrons. The zero-order chi connectivity index (χ0) is 12.1. The Morgan fingerprint density at radius 1 is 1.62 bits per heavy atom. The van der Waals surface area contributed by atoms with Crippen LogP contribution in [0.2, 0.25) is 0 Å². The molecule has 0 aromatic heterocycles. The second-order valence-electron chi connectivity index (χ2n) is 3.16. The smallest absolute Gasteiger partial charge is 0.435 e. The van der Waals surface area contributed by atoms with Crippen molar-refractivity contribution in [2.75, 3.05) is 17.3 Å². The molecule has 0 aliphatic carbocycles. The molecule has 0 atom stereocenters. The summed E-state index contributed by atoms with van der Waals surface area (Å²) in [6.07, 6.45) is -0.585. The lowest BCUT2D eigenvalue weighted by atomic mass is 10.1. The van der Waals surface area contributed by atoms with Gasteiger partial charge in [0.2, 0.25) is 0 Å². The normalized spacial score (nSPS) is 9.62. The summed E-state index contributed by atoms with van der Waals surface area (Å²) in [5.74, 6) is 0. The van der Waals surface area contributed by atoms with Crippen LogP contribution in [0, 0.1) is 6.92 Å². The predicted octanol–water partition coefficient (Wildman–Crippen LogP) is 2.16. The Morgan fingerprint density at radius 2 is 2.31 bits per heavy atom. The summed E-state index contributed by atoms with van der Waals surface area (Å²) < 4.78 is 4.86. The number of hydrazone groups is 1. The Bertz CT molecular complexity index is 384. The molecule has 1 aromatic carbocycles. The molecule has 5 heteroatoms. The molecule has 1 aromatic rings. The van der Waals surface area contributed by atoms with Crippen molar-refractivity contribution in [2.45, 2.75) is 13.8 Å². The predicted molar refractivity (Wildman–Crippen MR) is 64.6 cm³/mol. The van der Waals surface area contributed by atoms with Crippen LogP contribution in [0.3, 0.4) is 0 Å². The summed E-state index contributed by atoms with van der Waals surface area (Å²) in [7, 11) is 0. The third-order valence-electron chi connectivity index (χ3n) is 2.06. The number of amides is 1. The Hall–Kier alpha value is -2.04. The van der Waals surface area contributed by atoms with Crippen molar-refractivity contribution in [3.8, 4) is 0 Å². The number of hydrogen-bond acceptors (Lipinski definition) is 4. The zero-order valence-corrected chi connectivity index (χ0v) is 9.43. The summed E-state index contributed by atoms with van der Waals surface area (Å²) in [6, 6.07) is 5.34. The van der Waals surface area contributed by atoms with E-state index in [1.165, 1.54) is 0 Å². The summed E-state index contributed by atoms with van der Waals surface area (Å²) in [6.45, 7) is 7.18. The molecule has 16 heavy (non-hydrogen) atoms. The summed E-state index contributed by atoms with van der Waals surface area (Å²) in [5, 5.41) is 4.69. The quantitative estimate of drug-likeness (QED) is 0.483. The zero-order valence-electron chi connectivity index (χ0n) is 9.43. The van der Waals surface area contributed by atoms with Gasteiger partial charge in [0, 0.05) is 6.72 Å². The highest BCUT2D eigenvalue weighted by Crippen LogP contribution is 2.27. The number of aryl methyl sites for hydroxylation is 1. The Labute approximate surface area is 94.5 Å². The fourth-order valence-electron chi connectivity index (χ4n) is 1.38. The van der Waals surface area contributed by atoms with Crippen LogP contribution in [0.15, 0.2) is 23.3 Å². The second-order valence-corrected chi connectivity index (χ2v) is 3.16. The molecule has 5 nitrogen and oxygen atoms in total. The minimum Gasteiger partial charge on any atom is -0.448 e. The molecule has 86 valence electrons. The van der Waals surface area contributed by atoms with Crippen molar-refractivity contribution < 1.29 is 9.53 Å². The van der Waals surface area contributed by atoms with Crippen LogP contribution in [0.5, 0.6) is 0 Å². The first-order chi connectivity index (χ1) is 7.61. The number of ether oxygens (including phenoxy) is 1. The highest BCUT2D eigenvalue weighted by atomic mass is 16.6. The molecule has 0 aliphatic rings. The van der Waals surface area contributed by atoms with Gasteiger partial charge in [-0.15, -0.1) is 0 Å². The van der Waals surface area contributed by atoms with E-state index >= 15 is 0 Å².